The third kappa shape index (κ3) is 3.36. The highest BCUT2D eigenvalue weighted by molar-refractivity contribution is 5.85. The van der Waals surface area contributed by atoms with E-state index in [9.17, 15) is 9.18 Å². The number of rotatable bonds is 4. The summed E-state index contributed by atoms with van der Waals surface area (Å²) in [6.07, 6.45) is 1.56. The minimum atomic E-state index is -0.292. The highest BCUT2D eigenvalue weighted by Crippen LogP contribution is 2.27. The lowest BCUT2D eigenvalue weighted by atomic mass is 10.1. The van der Waals surface area contributed by atoms with Crippen LogP contribution in [0.4, 0.5) is 10.1 Å². The molecule has 150 valence electrons. The Hall–Kier alpha value is -3.81. The first-order valence-corrected chi connectivity index (χ1v) is 9.71. The summed E-state index contributed by atoms with van der Waals surface area (Å²) in [5.41, 5.74) is 3.68. The van der Waals surface area contributed by atoms with Gasteiger partial charge in [0.2, 0.25) is 11.6 Å². The number of carbonyl (C=O) groups is 1. The number of hydrogen-bond acceptors (Lipinski definition) is 5. The van der Waals surface area contributed by atoms with Gasteiger partial charge < -0.3 is 9.80 Å². The maximum Gasteiger partial charge on any atom is 0.242 e. The van der Waals surface area contributed by atoms with E-state index < -0.39 is 0 Å². The Morgan fingerprint density at radius 3 is 2.60 bits per heavy atom. The summed E-state index contributed by atoms with van der Waals surface area (Å²) < 4.78 is 15.6. The fraction of sp³-hybridized carbons (Fsp3) is 0.182. The Morgan fingerprint density at radius 2 is 1.80 bits per heavy atom. The Labute approximate surface area is 172 Å². The van der Waals surface area contributed by atoms with Crippen molar-refractivity contribution < 1.29 is 9.18 Å². The van der Waals surface area contributed by atoms with E-state index in [4.69, 9.17) is 0 Å². The summed E-state index contributed by atoms with van der Waals surface area (Å²) in [6, 6.07) is 18.3. The van der Waals surface area contributed by atoms with Crippen molar-refractivity contribution in [1.82, 2.24) is 24.7 Å². The van der Waals surface area contributed by atoms with Gasteiger partial charge >= 0.3 is 0 Å². The average Bonchev–Trinajstić information content (AvgIpc) is 3.25. The van der Waals surface area contributed by atoms with Crippen LogP contribution in [0.5, 0.6) is 0 Å². The van der Waals surface area contributed by atoms with Gasteiger partial charge in [0, 0.05) is 30.8 Å². The first-order chi connectivity index (χ1) is 14.7. The number of benzene rings is 2. The number of fused-ring (bicyclic) bond motifs is 1. The SMILES string of the molecule is O=C1CN(c2cc(-c3ccccc3)nn3cnnc23)CCN1Cc1ccccc1F. The normalized spacial score (nSPS) is 14.5. The predicted molar refractivity (Wildman–Crippen MR) is 110 cm³/mol. The molecule has 0 radical (unpaired) electrons. The van der Waals surface area contributed by atoms with Crippen molar-refractivity contribution >= 4 is 17.2 Å². The van der Waals surface area contributed by atoms with Crippen molar-refractivity contribution in [1.29, 1.82) is 0 Å². The van der Waals surface area contributed by atoms with Gasteiger partial charge in [-0.05, 0) is 12.1 Å². The highest BCUT2D eigenvalue weighted by atomic mass is 19.1. The van der Waals surface area contributed by atoms with E-state index in [2.05, 4.69) is 15.3 Å². The number of piperazine rings is 1. The molecule has 3 heterocycles. The van der Waals surface area contributed by atoms with Gasteiger partial charge in [-0.3, -0.25) is 4.79 Å². The zero-order valence-electron chi connectivity index (χ0n) is 16.1. The third-order valence-corrected chi connectivity index (χ3v) is 5.30. The van der Waals surface area contributed by atoms with Crippen LogP contribution >= 0.6 is 0 Å². The lowest BCUT2D eigenvalue weighted by Crippen LogP contribution is -2.50. The molecule has 0 spiro atoms. The maximum absolute atomic E-state index is 14.0. The fourth-order valence-corrected chi connectivity index (χ4v) is 3.71. The van der Waals surface area contributed by atoms with Gasteiger partial charge in [0.15, 0.2) is 0 Å². The Balaban J connectivity index is 1.42. The van der Waals surface area contributed by atoms with Gasteiger partial charge in [-0.2, -0.15) is 9.61 Å². The van der Waals surface area contributed by atoms with Crippen molar-refractivity contribution in [2.24, 2.45) is 0 Å². The number of hydrogen-bond donors (Lipinski definition) is 0. The van der Waals surface area contributed by atoms with Gasteiger partial charge in [0.25, 0.3) is 0 Å². The molecule has 0 bridgehead atoms. The van der Waals surface area contributed by atoms with Crippen LogP contribution in [0.25, 0.3) is 16.9 Å². The standard InChI is InChI=1S/C22H19FN6O/c23-18-9-5-4-8-17(18)13-28-11-10-27(14-21(28)30)20-12-19(16-6-2-1-3-7-16)26-29-15-24-25-22(20)29/h1-9,12,15H,10-11,13-14H2. The highest BCUT2D eigenvalue weighted by Gasteiger charge is 2.27. The Morgan fingerprint density at radius 1 is 1.00 bits per heavy atom. The lowest BCUT2D eigenvalue weighted by Gasteiger charge is -2.35. The van der Waals surface area contributed by atoms with Crippen molar-refractivity contribution in [2.45, 2.75) is 6.54 Å². The molecule has 7 nitrogen and oxygen atoms in total. The number of aromatic nitrogens is 4. The molecule has 4 aromatic rings. The molecule has 1 aliphatic heterocycles. The molecule has 0 atom stereocenters. The molecule has 5 rings (SSSR count). The van der Waals surface area contributed by atoms with Gasteiger partial charge in [0.05, 0.1) is 17.9 Å². The first-order valence-electron chi connectivity index (χ1n) is 9.71. The van der Waals surface area contributed by atoms with Crippen LogP contribution in [-0.4, -0.2) is 50.3 Å². The van der Waals surface area contributed by atoms with Crippen molar-refractivity contribution in [2.75, 3.05) is 24.5 Å². The molecule has 1 fully saturated rings. The van der Waals surface area contributed by atoms with Crippen molar-refractivity contribution in [3.63, 3.8) is 0 Å². The van der Waals surface area contributed by atoms with E-state index in [1.165, 1.54) is 6.07 Å². The third-order valence-electron chi connectivity index (χ3n) is 5.30. The Bertz CT molecular complexity index is 1210. The molecule has 1 amide bonds. The van der Waals surface area contributed by atoms with Gasteiger partial charge in [-0.1, -0.05) is 48.5 Å². The molecule has 0 aliphatic carbocycles. The molecule has 8 heteroatoms. The number of nitrogens with zero attached hydrogens (tertiary/aromatic N) is 6. The molecule has 2 aromatic heterocycles. The second-order valence-electron chi connectivity index (χ2n) is 7.21. The molecule has 0 unspecified atom stereocenters. The van der Waals surface area contributed by atoms with Crippen molar-refractivity contribution in [3.05, 3.63) is 78.4 Å². The summed E-state index contributed by atoms with van der Waals surface area (Å²) in [5, 5.41) is 12.8. The van der Waals surface area contributed by atoms with E-state index in [1.54, 1.807) is 33.9 Å². The summed E-state index contributed by atoms with van der Waals surface area (Å²) in [4.78, 5) is 16.5. The van der Waals surface area contributed by atoms with Gasteiger partial charge in [0.1, 0.15) is 12.1 Å². The van der Waals surface area contributed by atoms with E-state index in [0.717, 1.165) is 16.9 Å². The van der Waals surface area contributed by atoms with E-state index >= 15 is 0 Å². The van der Waals surface area contributed by atoms with E-state index in [-0.39, 0.29) is 24.8 Å². The minimum Gasteiger partial charge on any atom is -0.357 e. The number of halogens is 1. The van der Waals surface area contributed by atoms with Crippen LogP contribution in [0.1, 0.15) is 5.56 Å². The summed E-state index contributed by atoms with van der Waals surface area (Å²) in [5.74, 6) is -0.347. The number of amides is 1. The number of anilines is 1. The summed E-state index contributed by atoms with van der Waals surface area (Å²) in [6.45, 7) is 1.57. The van der Waals surface area contributed by atoms with Crippen molar-refractivity contribution in [3.8, 4) is 11.3 Å². The topological polar surface area (TPSA) is 66.6 Å². The maximum atomic E-state index is 14.0. The molecular formula is C22H19FN6O. The molecular weight excluding hydrogens is 383 g/mol. The van der Waals surface area contributed by atoms with Crippen LogP contribution in [0.2, 0.25) is 0 Å². The van der Waals surface area contributed by atoms with Crippen LogP contribution in [0.15, 0.2) is 67.0 Å². The van der Waals surface area contributed by atoms with Crippen LogP contribution in [0, 0.1) is 5.82 Å². The second kappa shape index (κ2) is 7.55. The summed E-state index contributed by atoms with van der Waals surface area (Å²) in [7, 11) is 0. The summed E-state index contributed by atoms with van der Waals surface area (Å²) >= 11 is 0. The fourth-order valence-electron chi connectivity index (χ4n) is 3.71. The quantitative estimate of drug-likeness (QED) is 0.525. The first kappa shape index (κ1) is 18.2. The molecule has 1 saturated heterocycles. The second-order valence-corrected chi connectivity index (χ2v) is 7.21. The average molecular weight is 402 g/mol. The lowest BCUT2D eigenvalue weighted by molar-refractivity contribution is -0.131. The molecule has 1 aliphatic rings. The van der Waals surface area contributed by atoms with Crippen LogP contribution in [-0.2, 0) is 11.3 Å². The molecule has 0 saturated carbocycles. The molecule has 0 N–H and O–H groups in total. The zero-order chi connectivity index (χ0) is 20.5. The smallest absolute Gasteiger partial charge is 0.242 e. The van der Waals surface area contributed by atoms with Gasteiger partial charge in [-0.25, -0.2) is 4.39 Å². The molecule has 30 heavy (non-hydrogen) atoms. The minimum absolute atomic E-state index is 0.0553. The zero-order valence-corrected chi connectivity index (χ0v) is 16.1. The largest absolute Gasteiger partial charge is 0.357 e. The molecule has 2 aromatic carbocycles. The Kier molecular flexibility index (Phi) is 4.59. The van der Waals surface area contributed by atoms with Crippen LogP contribution in [0.3, 0.4) is 0 Å². The number of carbonyl (C=O) groups excluding carboxylic acids is 1. The monoisotopic (exact) mass is 402 g/mol. The van der Waals surface area contributed by atoms with E-state index in [0.29, 0.717) is 24.3 Å². The van der Waals surface area contributed by atoms with E-state index in [1.807, 2.05) is 41.3 Å². The predicted octanol–water partition coefficient (Wildman–Crippen LogP) is 2.78. The van der Waals surface area contributed by atoms with Crippen LogP contribution < -0.4 is 4.90 Å². The van der Waals surface area contributed by atoms with Gasteiger partial charge in [-0.15, -0.1) is 10.2 Å².